The van der Waals surface area contributed by atoms with Crippen LogP contribution < -0.4 is 0 Å². The molecule has 1 heterocycles. The fourth-order valence-corrected chi connectivity index (χ4v) is 1.13. The average molecular weight is 154 g/mol. The van der Waals surface area contributed by atoms with Crippen LogP contribution in [0.5, 0.6) is 0 Å². The molecule has 0 bridgehead atoms. The number of imidazole rings is 1. The fraction of sp³-hybridized carbons (Fsp3) is 0.286. The number of allylic oxidation sites excluding steroid dienone is 1. The third-order valence-corrected chi connectivity index (χ3v) is 1.57. The van der Waals surface area contributed by atoms with Crippen molar-refractivity contribution in [1.29, 1.82) is 0 Å². The molecule has 2 N–H and O–H groups in total. The zero-order valence-corrected chi connectivity index (χ0v) is 6.72. The van der Waals surface area contributed by atoms with Crippen molar-refractivity contribution < 1.29 is 0 Å². The molecule has 0 amide bonds. The molecule has 0 unspecified atom stereocenters. The Bertz CT molecular complexity index is 282. The minimum absolute atomic E-state index is 0.689. The second-order valence-electron chi connectivity index (χ2n) is 2.18. The second-order valence-corrected chi connectivity index (χ2v) is 2.58. The quantitative estimate of drug-likeness (QED) is 0.496. The van der Waals surface area contributed by atoms with Crippen molar-refractivity contribution in [2.75, 3.05) is 0 Å². The molecule has 0 saturated carbocycles. The van der Waals surface area contributed by atoms with E-state index < -0.39 is 0 Å². The zero-order chi connectivity index (χ0) is 7.56. The van der Waals surface area contributed by atoms with E-state index in [4.69, 9.17) is 12.2 Å². The molecule has 1 aromatic heterocycles. The molecule has 0 saturated heterocycles. The molecule has 0 aromatic carbocycles. The molecule has 0 atom stereocenters. The Kier molecular flexibility index (Phi) is 2.06. The second kappa shape index (κ2) is 2.84. The van der Waals surface area contributed by atoms with Gasteiger partial charge in [-0.3, -0.25) is 0 Å². The molecule has 3 heteroatoms. The first-order valence-electron chi connectivity index (χ1n) is 3.12. The van der Waals surface area contributed by atoms with E-state index in [1.807, 2.05) is 13.0 Å². The number of nitrogens with one attached hydrogen (secondary N) is 2. The first-order valence-corrected chi connectivity index (χ1v) is 3.53. The van der Waals surface area contributed by atoms with Gasteiger partial charge >= 0.3 is 0 Å². The smallest absolute Gasteiger partial charge is 0.174 e. The first-order chi connectivity index (χ1) is 4.74. The van der Waals surface area contributed by atoms with Gasteiger partial charge in [0.15, 0.2) is 4.77 Å². The summed E-state index contributed by atoms with van der Waals surface area (Å²) >= 11 is 4.89. The summed E-state index contributed by atoms with van der Waals surface area (Å²) in [6.45, 7) is 5.63. The van der Waals surface area contributed by atoms with Crippen molar-refractivity contribution >= 4 is 12.2 Å². The highest BCUT2D eigenvalue weighted by Crippen LogP contribution is 2.02. The summed E-state index contributed by atoms with van der Waals surface area (Å²) in [4.78, 5) is 6.04. The van der Waals surface area contributed by atoms with E-state index in [0.717, 1.165) is 17.8 Å². The van der Waals surface area contributed by atoms with Gasteiger partial charge in [-0.15, -0.1) is 6.58 Å². The maximum absolute atomic E-state index is 4.89. The Morgan fingerprint density at radius 2 is 2.30 bits per heavy atom. The van der Waals surface area contributed by atoms with Crippen molar-refractivity contribution in [3.05, 3.63) is 28.8 Å². The van der Waals surface area contributed by atoms with Gasteiger partial charge in [0.05, 0.1) is 0 Å². The van der Waals surface area contributed by atoms with Gasteiger partial charge in [0.25, 0.3) is 0 Å². The summed E-state index contributed by atoms with van der Waals surface area (Å²) in [5.74, 6) is 0. The van der Waals surface area contributed by atoms with Crippen LogP contribution in [-0.2, 0) is 6.42 Å². The van der Waals surface area contributed by atoms with Crippen LogP contribution in [0.3, 0.4) is 0 Å². The Morgan fingerprint density at radius 3 is 2.70 bits per heavy atom. The lowest BCUT2D eigenvalue weighted by Gasteiger charge is -1.89. The number of aromatic amines is 2. The molecule has 0 aliphatic heterocycles. The number of aryl methyl sites for hydroxylation is 1. The van der Waals surface area contributed by atoms with E-state index in [9.17, 15) is 0 Å². The third-order valence-electron chi connectivity index (χ3n) is 1.37. The van der Waals surface area contributed by atoms with E-state index in [1.165, 1.54) is 0 Å². The van der Waals surface area contributed by atoms with E-state index in [1.54, 1.807) is 0 Å². The predicted octanol–water partition coefficient (Wildman–Crippen LogP) is 2.11. The molecule has 0 spiro atoms. The molecule has 1 aromatic rings. The Labute approximate surface area is 65.0 Å². The molecule has 0 radical (unpaired) electrons. The molecule has 0 fully saturated rings. The number of hydrogen-bond acceptors (Lipinski definition) is 1. The summed E-state index contributed by atoms with van der Waals surface area (Å²) < 4.78 is 0.689. The Hall–Kier alpha value is -0.830. The lowest BCUT2D eigenvalue weighted by molar-refractivity contribution is 1.12. The molecular weight excluding hydrogens is 144 g/mol. The lowest BCUT2D eigenvalue weighted by atomic mass is 10.3. The van der Waals surface area contributed by atoms with Gasteiger partial charge in [0, 0.05) is 17.8 Å². The minimum Gasteiger partial charge on any atom is -0.335 e. The summed E-state index contributed by atoms with van der Waals surface area (Å²) in [7, 11) is 0. The number of aromatic nitrogens is 2. The highest BCUT2D eigenvalue weighted by Gasteiger charge is 1.95. The fourth-order valence-electron chi connectivity index (χ4n) is 0.856. The number of H-pyrrole nitrogens is 2. The van der Waals surface area contributed by atoms with E-state index in [0.29, 0.717) is 4.77 Å². The average Bonchev–Trinajstić information content (AvgIpc) is 2.13. The standard InChI is InChI=1S/C7H10N2S/c1-3-4-6-5(2)8-7(10)9-6/h3H,1,4H2,2H3,(H2,8,9,10). The summed E-state index contributed by atoms with van der Waals surface area (Å²) in [5.41, 5.74) is 2.23. The molecule has 0 aliphatic carbocycles. The van der Waals surface area contributed by atoms with Crippen molar-refractivity contribution in [3.8, 4) is 0 Å². The molecular formula is C7H10N2S. The summed E-state index contributed by atoms with van der Waals surface area (Å²) in [6.07, 6.45) is 2.69. The van der Waals surface area contributed by atoms with E-state index in [2.05, 4.69) is 16.5 Å². The predicted molar refractivity (Wildman–Crippen MR) is 44.6 cm³/mol. The van der Waals surface area contributed by atoms with Crippen molar-refractivity contribution in [1.82, 2.24) is 9.97 Å². The highest BCUT2D eigenvalue weighted by molar-refractivity contribution is 7.71. The number of hydrogen-bond donors (Lipinski definition) is 2. The van der Waals surface area contributed by atoms with Crippen molar-refractivity contribution in [3.63, 3.8) is 0 Å². The molecule has 54 valence electrons. The summed E-state index contributed by atoms with van der Waals surface area (Å²) in [6, 6.07) is 0. The van der Waals surface area contributed by atoms with Crippen molar-refractivity contribution in [2.45, 2.75) is 13.3 Å². The van der Waals surface area contributed by atoms with E-state index in [-0.39, 0.29) is 0 Å². The van der Waals surface area contributed by atoms with Gasteiger partial charge < -0.3 is 9.97 Å². The number of rotatable bonds is 2. The SMILES string of the molecule is C=CCc1[nH]c(=S)[nH]c1C. The van der Waals surface area contributed by atoms with Crippen LogP contribution in [0.25, 0.3) is 0 Å². The molecule has 0 aliphatic rings. The van der Waals surface area contributed by atoms with Crippen LogP contribution in [0.4, 0.5) is 0 Å². The molecule has 2 nitrogen and oxygen atoms in total. The van der Waals surface area contributed by atoms with Crippen LogP contribution in [0.1, 0.15) is 11.4 Å². The van der Waals surface area contributed by atoms with Crippen LogP contribution in [0.15, 0.2) is 12.7 Å². The topological polar surface area (TPSA) is 31.6 Å². The lowest BCUT2D eigenvalue weighted by Crippen LogP contribution is -1.82. The van der Waals surface area contributed by atoms with Crippen molar-refractivity contribution in [2.24, 2.45) is 0 Å². The normalized spacial score (nSPS) is 9.70. The van der Waals surface area contributed by atoms with E-state index >= 15 is 0 Å². The molecule has 1 rings (SSSR count). The van der Waals surface area contributed by atoms with Crippen LogP contribution in [0, 0.1) is 11.7 Å². The van der Waals surface area contributed by atoms with Crippen LogP contribution in [-0.4, -0.2) is 9.97 Å². The highest BCUT2D eigenvalue weighted by atomic mass is 32.1. The maximum Gasteiger partial charge on any atom is 0.174 e. The van der Waals surface area contributed by atoms with Crippen LogP contribution >= 0.6 is 12.2 Å². The van der Waals surface area contributed by atoms with Gasteiger partial charge in [-0.1, -0.05) is 6.08 Å². The first kappa shape index (κ1) is 7.28. The van der Waals surface area contributed by atoms with Gasteiger partial charge in [-0.05, 0) is 19.1 Å². The zero-order valence-electron chi connectivity index (χ0n) is 5.90. The Balaban J connectivity index is 3.02. The summed E-state index contributed by atoms with van der Waals surface area (Å²) in [5, 5.41) is 0. The van der Waals surface area contributed by atoms with Crippen LogP contribution in [0.2, 0.25) is 0 Å². The largest absolute Gasteiger partial charge is 0.335 e. The minimum atomic E-state index is 0.689. The van der Waals surface area contributed by atoms with Gasteiger partial charge in [-0.2, -0.15) is 0 Å². The maximum atomic E-state index is 4.89. The monoisotopic (exact) mass is 154 g/mol. The molecule has 10 heavy (non-hydrogen) atoms. The van der Waals surface area contributed by atoms with Gasteiger partial charge in [-0.25, -0.2) is 0 Å². The third kappa shape index (κ3) is 1.36. The Morgan fingerprint density at radius 1 is 1.60 bits per heavy atom. The van der Waals surface area contributed by atoms with Gasteiger partial charge in [0.2, 0.25) is 0 Å². The van der Waals surface area contributed by atoms with Gasteiger partial charge in [0.1, 0.15) is 0 Å².